The number of rotatable bonds is 8. The molecule has 0 atom stereocenters. The Morgan fingerprint density at radius 3 is 1.38 bits per heavy atom. The fraction of sp³-hybridized carbons (Fsp3) is 0.182. The first-order chi connectivity index (χ1) is 12.7. The molecule has 0 saturated carbocycles. The maximum Gasteiger partial charge on any atom is 0.112 e. The van der Waals surface area contributed by atoms with Gasteiger partial charge in [-0.2, -0.15) is 0 Å². The van der Waals surface area contributed by atoms with E-state index in [0.717, 1.165) is 18.6 Å². The lowest BCUT2D eigenvalue weighted by Gasteiger charge is -2.27. The molecule has 0 bridgehead atoms. The van der Waals surface area contributed by atoms with Gasteiger partial charge < -0.3 is 0 Å². The van der Waals surface area contributed by atoms with Gasteiger partial charge in [0, 0.05) is 0 Å². The summed E-state index contributed by atoms with van der Waals surface area (Å²) in [6, 6.07) is 34.1. The highest BCUT2D eigenvalue weighted by atomic mass is 35.5. The fourth-order valence-corrected chi connectivity index (χ4v) is 9.31. The Balaban J connectivity index is 2.09. The summed E-state index contributed by atoms with van der Waals surface area (Å²) < 4.78 is -0.243. The average Bonchev–Trinajstić information content (AvgIpc) is 2.70. The van der Waals surface area contributed by atoms with Gasteiger partial charge in [0.15, 0.2) is 0 Å². The molecule has 0 amide bonds. The molecular formula is C22H22Cl2PSi+. The van der Waals surface area contributed by atoms with Gasteiger partial charge in [-0.05, 0) is 42.8 Å². The zero-order valence-corrected chi connectivity index (χ0v) is 18.0. The Morgan fingerprint density at radius 2 is 1.04 bits per heavy atom. The quantitative estimate of drug-likeness (QED) is 0.204. The summed E-state index contributed by atoms with van der Waals surface area (Å²) in [7, 11) is -1.10. The standard InChI is InChI=1S/C22H22Cl2PSi/c23-22(24)26-18-10-17-25(19-11-4-1-5-12-19,20-13-6-2-7-14-20)21-15-8-3-9-16-21/h1-9,11-16,22H,10,17-18H2/q+1. The number of hydrogen-bond acceptors (Lipinski definition) is 0. The number of benzene rings is 3. The highest BCUT2D eigenvalue weighted by Gasteiger charge is 2.44. The Bertz CT molecular complexity index is 682. The van der Waals surface area contributed by atoms with Crippen LogP contribution in [0.1, 0.15) is 6.42 Å². The van der Waals surface area contributed by atoms with Crippen LogP contribution < -0.4 is 15.9 Å². The third-order valence-electron chi connectivity index (χ3n) is 4.56. The van der Waals surface area contributed by atoms with E-state index in [2.05, 4.69) is 91.0 Å². The smallest absolute Gasteiger partial charge is 0.110 e. The summed E-state index contributed by atoms with van der Waals surface area (Å²) in [6.07, 6.45) is 2.26. The van der Waals surface area contributed by atoms with Gasteiger partial charge in [0.1, 0.15) is 23.2 Å². The molecule has 0 N–H and O–H groups in total. The molecule has 0 aliphatic heterocycles. The van der Waals surface area contributed by atoms with E-state index < -0.39 is 7.26 Å². The Morgan fingerprint density at radius 1 is 0.654 bits per heavy atom. The summed E-state index contributed by atoms with van der Waals surface area (Å²) >= 11 is 11.9. The van der Waals surface area contributed by atoms with Crippen molar-refractivity contribution in [3.05, 3.63) is 91.0 Å². The van der Waals surface area contributed by atoms with Crippen LogP contribution in [0.5, 0.6) is 0 Å². The second kappa shape index (κ2) is 9.72. The number of halogens is 2. The summed E-state index contributed by atoms with van der Waals surface area (Å²) in [5.74, 6) is 0. The molecule has 0 nitrogen and oxygen atoms in total. The molecule has 0 aliphatic carbocycles. The topological polar surface area (TPSA) is 0 Å². The second-order valence-electron chi connectivity index (χ2n) is 6.15. The van der Waals surface area contributed by atoms with Gasteiger partial charge in [-0.1, -0.05) is 60.6 Å². The van der Waals surface area contributed by atoms with Crippen molar-refractivity contribution in [3.63, 3.8) is 0 Å². The van der Waals surface area contributed by atoms with Gasteiger partial charge in [-0.3, -0.25) is 0 Å². The van der Waals surface area contributed by atoms with Crippen LogP contribution in [-0.4, -0.2) is 20.1 Å². The van der Waals surface area contributed by atoms with E-state index in [1.54, 1.807) is 0 Å². The van der Waals surface area contributed by atoms with Gasteiger partial charge in [0.2, 0.25) is 0 Å². The van der Waals surface area contributed by atoms with Crippen LogP contribution in [-0.2, 0) is 0 Å². The van der Waals surface area contributed by atoms with Crippen LogP contribution >= 0.6 is 30.5 Å². The Labute approximate surface area is 169 Å². The average molecular weight is 416 g/mol. The largest absolute Gasteiger partial charge is 0.112 e. The fourth-order valence-electron chi connectivity index (χ4n) is 3.41. The Hall–Kier alpha value is -1.11. The van der Waals surface area contributed by atoms with E-state index in [1.165, 1.54) is 15.9 Å². The van der Waals surface area contributed by atoms with Crippen LogP contribution in [0.2, 0.25) is 6.04 Å². The van der Waals surface area contributed by atoms with Crippen LogP contribution in [0.25, 0.3) is 0 Å². The Kier molecular flexibility index (Phi) is 7.34. The van der Waals surface area contributed by atoms with Gasteiger partial charge in [0.05, 0.1) is 20.1 Å². The molecule has 0 aliphatic rings. The van der Waals surface area contributed by atoms with E-state index in [9.17, 15) is 0 Å². The lowest BCUT2D eigenvalue weighted by atomic mass is 10.4. The maximum atomic E-state index is 5.97. The lowest BCUT2D eigenvalue weighted by molar-refractivity contribution is 1.08. The molecule has 2 radical (unpaired) electrons. The van der Waals surface area contributed by atoms with E-state index in [-0.39, 0.29) is 4.46 Å². The van der Waals surface area contributed by atoms with E-state index in [0.29, 0.717) is 9.52 Å². The van der Waals surface area contributed by atoms with Crippen LogP contribution in [0.4, 0.5) is 0 Å². The van der Waals surface area contributed by atoms with Crippen molar-refractivity contribution in [1.82, 2.24) is 0 Å². The highest BCUT2D eigenvalue weighted by Crippen LogP contribution is 2.55. The molecular weight excluding hydrogens is 394 g/mol. The van der Waals surface area contributed by atoms with Crippen molar-refractivity contribution in [2.75, 3.05) is 6.16 Å². The molecule has 0 spiro atoms. The highest BCUT2D eigenvalue weighted by molar-refractivity contribution is 7.95. The second-order valence-corrected chi connectivity index (χ2v) is 13.1. The van der Waals surface area contributed by atoms with E-state index in [1.807, 2.05) is 0 Å². The van der Waals surface area contributed by atoms with Gasteiger partial charge in [0.25, 0.3) is 0 Å². The minimum Gasteiger partial charge on any atom is -0.110 e. The third-order valence-corrected chi connectivity index (χ3v) is 11.0. The van der Waals surface area contributed by atoms with Crippen molar-refractivity contribution in [3.8, 4) is 0 Å². The molecule has 3 aromatic carbocycles. The van der Waals surface area contributed by atoms with Crippen molar-refractivity contribution < 1.29 is 0 Å². The monoisotopic (exact) mass is 415 g/mol. The summed E-state index contributed by atoms with van der Waals surface area (Å²) in [5.41, 5.74) is 0. The molecule has 3 rings (SSSR count). The van der Waals surface area contributed by atoms with Crippen molar-refractivity contribution in [2.24, 2.45) is 0 Å². The molecule has 132 valence electrons. The maximum absolute atomic E-state index is 5.97. The minimum absolute atomic E-state index is 0.243. The van der Waals surface area contributed by atoms with Crippen molar-refractivity contribution >= 4 is 55.9 Å². The minimum atomic E-state index is -1.69. The summed E-state index contributed by atoms with van der Waals surface area (Å²) in [6.45, 7) is 0. The van der Waals surface area contributed by atoms with Crippen LogP contribution in [0.15, 0.2) is 91.0 Å². The molecule has 0 fully saturated rings. The van der Waals surface area contributed by atoms with Gasteiger partial charge in [-0.25, -0.2) is 0 Å². The number of hydrogen-bond donors (Lipinski definition) is 0. The summed E-state index contributed by atoms with van der Waals surface area (Å²) in [5, 5.41) is 4.32. The first-order valence-electron chi connectivity index (χ1n) is 8.80. The van der Waals surface area contributed by atoms with Gasteiger partial charge in [-0.15, -0.1) is 23.2 Å². The van der Waals surface area contributed by atoms with Crippen LogP contribution in [0.3, 0.4) is 0 Å². The van der Waals surface area contributed by atoms with E-state index >= 15 is 0 Å². The van der Waals surface area contributed by atoms with Crippen LogP contribution in [0, 0.1) is 0 Å². The predicted octanol–water partition coefficient (Wildman–Crippen LogP) is 5.25. The van der Waals surface area contributed by atoms with Gasteiger partial charge >= 0.3 is 0 Å². The summed E-state index contributed by atoms with van der Waals surface area (Å²) in [4.78, 5) is 0. The first-order valence-corrected chi connectivity index (χ1v) is 12.9. The molecule has 0 aromatic heterocycles. The first kappa shape index (κ1) is 19.6. The zero-order valence-electron chi connectivity index (χ0n) is 14.6. The molecule has 0 saturated heterocycles. The van der Waals surface area contributed by atoms with Crippen molar-refractivity contribution in [1.29, 1.82) is 0 Å². The van der Waals surface area contributed by atoms with E-state index in [4.69, 9.17) is 23.2 Å². The zero-order chi connectivity index (χ0) is 18.2. The normalized spacial score (nSPS) is 11.7. The number of alkyl halides is 2. The lowest BCUT2D eigenvalue weighted by Crippen LogP contribution is -2.33. The van der Waals surface area contributed by atoms with Crippen molar-refractivity contribution in [2.45, 2.75) is 16.9 Å². The predicted molar refractivity (Wildman–Crippen MR) is 121 cm³/mol. The molecule has 4 heteroatoms. The molecule has 0 unspecified atom stereocenters. The molecule has 3 aromatic rings. The molecule has 26 heavy (non-hydrogen) atoms. The SMILES string of the molecule is ClC(Cl)[Si]CCC[P+](c1ccccc1)(c1ccccc1)c1ccccc1. The third kappa shape index (κ3) is 4.59. The molecule has 0 heterocycles.